The minimum Gasteiger partial charge on any atom is -0.456 e. The monoisotopic (exact) mass is 793 g/mol. The highest BCUT2D eigenvalue weighted by Gasteiger charge is 2.56. The topological polar surface area (TPSA) is 47.9 Å². The maximum absolute atomic E-state index is 7.06. The Morgan fingerprint density at radius 1 is 0.371 bits per heavy atom. The molecule has 2 aliphatic carbocycles. The minimum atomic E-state index is -0.430. The highest BCUT2D eigenvalue weighted by molar-refractivity contribution is 5.82. The van der Waals surface area contributed by atoms with E-state index < -0.39 is 5.41 Å². The van der Waals surface area contributed by atoms with Crippen LogP contribution in [0.3, 0.4) is 0 Å². The molecular formula is C58H39N3O. The van der Waals surface area contributed by atoms with Crippen molar-refractivity contribution in [2.75, 3.05) is 0 Å². The molecule has 1 aliphatic heterocycles. The van der Waals surface area contributed by atoms with E-state index in [2.05, 4.69) is 212 Å². The van der Waals surface area contributed by atoms with E-state index >= 15 is 0 Å². The molecule has 12 rings (SSSR count). The quantitative estimate of drug-likeness (QED) is 0.168. The molecule has 9 aromatic rings. The van der Waals surface area contributed by atoms with Gasteiger partial charge >= 0.3 is 0 Å². The number of aromatic nitrogens is 3. The summed E-state index contributed by atoms with van der Waals surface area (Å²) in [4.78, 5) is 15.6. The number of rotatable bonds is 6. The van der Waals surface area contributed by atoms with Crippen molar-refractivity contribution in [3.63, 3.8) is 0 Å². The number of fused-ring (bicyclic) bond motifs is 9. The SMILES string of the molecule is C1=CC2c3ccccc3C3(c4ccccc4Oc4c(-c5cccc(-c6nc(-c7cccc(-c8ccccc8)c7)nc(-c7cccc(-c8ccccc8)c7)n6)c5)cccc43)C2C=C1. The summed E-state index contributed by atoms with van der Waals surface area (Å²) in [5.41, 5.74) is 13.9. The van der Waals surface area contributed by atoms with Crippen molar-refractivity contribution in [1.82, 2.24) is 15.0 Å². The van der Waals surface area contributed by atoms with Gasteiger partial charge in [0.05, 0.1) is 5.41 Å². The summed E-state index contributed by atoms with van der Waals surface area (Å²) in [6.07, 6.45) is 9.19. The third kappa shape index (κ3) is 5.79. The fourth-order valence-electron chi connectivity index (χ4n) is 10.1. The molecule has 0 saturated carbocycles. The lowest BCUT2D eigenvalue weighted by Gasteiger charge is -2.43. The standard InChI is InChI=1S/C58H39N3O/c1-3-17-38(18-4-1)40-21-13-24-43(35-40)55-59-56(44-25-14-22-41(36-44)39-19-5-2-6-20-39)61-57(60-55)45-26-15-23-42(37-45)46-29-16-33-52-54(46)62-53-34-12-11-32-51(53)58(52)49-30-9-7-27-47(49)48-28-8-10-31-50(48)58/h1-37,47,49H. The first-order valence-electron chi connectivity index (χ1n) is 21.3. The fraction of sp³-hybridized carbons (Fsp3) is 0.0517. The van der Waals surface area contributed by atoms with Gasteiger partial charge in [-0.25, -0.2) is 15.0 Å². The van der Waals surface area contributed by atoms with Crippen molar-refractivity contribution in [3.05, 3.63) is 247 Å². The summed E-state index contributed by atoms with van der Waals surface area (Å²) in [6.45, 7) is 0. The first-order chi connectivity index (χ1) is 30.7. The molecule has 4 nitrogen and oxygen atoms in total. The molecule has 3 atom stereocenters. The highest BCUT2D eigenvalue weighted by atomic mass is 16.5. The lowest BCUT2D eigenvalue weighted by Crippen LogP contribution is -2.37. The van der Waals surface area contributed by atoms with Crippen LogP contribution >= 0.6 is 0 Å². The van der Waals surface area contributed by atoms with Crippen LogP contribution in [-0.4, -0.2) is 15.0 Å². The first kappa shape index (κ1) is 35.9. The van der Waals surface area contributed by atoms with Crippen LogP contribution in [0.25, 0.3) is 67.5 Å². The number of hydrogen-bond donors (Lipinski definition) is 0. The second-order valence-electron chi connectivity index (χ2n) is 16.3. The summed E-state index contributed by atoms with van der Waals surface area (Å²) < 4.78 is 7.06. The molecule has 0 bridgehead atoms. The van der Waals surface area contributed by atoms with Crippen molar-refractivity contribution < 1.29 is 4.74 Å². The molecule has 0 saturated heterocycles. The maximum atomic E-state index is 7.06. The Morgan fingerprint density at radius 3 is 1.48 bits per heavy atom. The van der Waals surface area contributed by atoms with E-state index in [9.17, 15) is 0 Å². The number of nitrogens with zero attached hydrogens (tertiary/aromatic N) is 3. The average molecular weight is 794 g/mol. The van der Waals surface area contributed by atoms with Crippen molar-refractivity contribution in [2.24, 2.45) is 5.92 Å². The van der Waals surface area contributed by atoms with Crippen LogP contribution in [0, 0.1) is 5.92 Å². The fourth-order valence-corrected chi connectivity index (χ4v) is 10.1. The van der Waals surface area contributed by atoms with Gasteiger partial charge in [0.1, 0.15) is 11.5 Å². The Morgan fingerprint density at radius 2 is 0.839 bits per heavy atom. The van der Waals surface area contributed by atoms with Crippen LogP contribution in [0.2, 0.25) is 0 Å². The zero-order valence-electron chi connectivity index (χ0n) is 33.8. The first-order valence-corrected chi connectivity index (χ1v) is 21.3. The second kappa shape index (κ2) is 14.6. The minimum absolute atomic E-state index is 0.193. The van der Waals surface area contributed by atoms with Gasteiger partial charge in [-0.1, -0.05) is 200 Å². The van der Waals surface area contributed by atoms with Gasteiger partial charge < -0.3 is 4.74 Å². The number of allylic oxidation sites excluding steroid dienone is 4. The van der Waals surface area contributed by atoms with Crippen LogP contribution in [0.4, 0.5) is 0 Å². The lowest BCUT2D eigenvalue weighted by molar-refractivity contribution is 0.375. The summed E-state index contributed by atoms with van der Waals surface area (Å²) >= 11 is 0. The van der Waals surface area contributed by atoms with Crippen molar-refractivity contribution in [1.29, 1.82) is 0 Å². The van der Waals surface area contributed by atoms with Crippen LogP contribution in [-0.2, 0) is 5.41 Å². The van der Waals surface area contributed by atoms with E-state index in [1.54, 1.807) is 0 Å². The van der Waals surface area contributed by atoms with E-state index in [1.165, 1.54) is 22.3 Å². The Balaban J connectivity index is 1.02. The van der Waals surface area contributed by atoms with Gasteiger partial charge in [0.25, 0.3) is 0 Å². The van der Waals surface area contributed by atoms with Gasteiger partial charge in [0, 0.05) is 45.2 Å². The molecule has 2 heterocycles. The van der Waals surface area contributed by atoms with Crippen LogP contribution in [0.1, 0.15) is 28.2 Å². The number of benzene rings is 8. The van der Waals surface area contributed by atoms with E-state index in [4.69, 9.17) is 19.7 Å². The molecule has 62 heavy (non-hydrogen) atoms. The summed E-state index contributed by atoms with van der Waals surface area (Å²) in [5.74, 6) is 4.05. The summed E-state index contributed by atoms with van der Waals surface area (Å²) in [5, 5.41) is 0. The molecule has 8 aromatic carbocycles. The Labute approximate surface area is 361 Å². The molecule has 0 N–H and O–H groups in total. The second-order valence-corrected chi connectivity index (χ2v) is 16.3. The Kier molecular flexibility index (Phi) is 8.49. The van der Waals surface area contributed by atoms with Crippen molar-refractivity contribution >= 4 is 0 Å². The Hall–Kier alpha value is -7.95. The summed E-state index contributed by atoms with van der Waals surface area (Å²) in [6, 6.07) is 70.6. The van der Waals surface area contributed by atoms with Gasteiger partial charge in [-0.2, -0.15) is 0 Å². The third-order valence-corrected chi connectivity index (χ3v) is 12.9. The van der Waals surface area contributed by atoms with Crippen LogP contribution in [0.15, 0.2) is 224 Å². The molecule has 3 unspecified atom stereocenters. The molecule has 292 valence electrons. The molecular weight excluding hydrogens is 755 g/mol. The Bertz CT molecular complexity index is 3140. The number of hydrogen-bond acceptors (Lipinski definition) is 4. The molecule has 0 amide bonds. The van der Waals surface area contributed by atoms with E-state index in [0.717, 1.165) is 61.6 Å². The smallest absolute Gasteiger partial charge is 0.164 e. The lowest BCUT2D eigenvalue weighted by atomic mass is 9.61. The predicted molar refractivity (Wildman–Crippen MR) is 250 cm³/mol. The maximum Gasteiger partial charge on any atom is 0.164 e. The van der Waals surface area contributed by atoms with Gasteiger partial charge in [0.2, 0.25) is 0 Å². The number of ether oxygens (including phenoxy) is 1. The molecule has 3 aliphatic rings. The third-order valence-electron chi connectivity index (χ3n) is 12.9. The van der Waals surface area contributed by atoms with E-state index in [1.807, 2.05) is 12.1 Å². The van der Waals surface area contributed by atoms with Gasteiger partial charge in [0.15, 0.2) is 17.5 Å². The highest BCUT2D eigenvalue weighted by Crippen LogP contribution is 2.65. The average Bonchev–Trinajstić information content (AvgIpc) is 3.65. The molecule has 1 aromatic heterocycles. The molecule has 0 radical (unpaired) electrons. The van der Waals surface area contributed by atoms with Gasteiger partial charge in [-0.15, -0.1) is 0 Å². The van der Waals surface area contributed by atoms with E-state index in [0.29, 0.717) is 17.5 Å². The molecule has 0 fully saturated rings. The van der Waals surface area contributed by atoms with Gasteiger partial charge in [-0.05, 0) is 63.2 Å². The van der Waals surface area contributed by atoms with Crippen molar-refractivity contribution in [3.8, 4) is 79.0 Å². The molecule has 1 spiro atoms. The normalized spacial score (nSPS) is 17.7. The van der Waals surface area contributed by atoms with Crippen LogP contribution < -0.4 is 4.74 Å². The van der Waals surface area contributed by atoms with E-state index in [-0.39, 0.29) is 11.8 Å². The van der Waals surface area contributed by atoms with Crippen LogP contribution in [0.5, 0.6) is 11.5 Å². The molecule has 4 heteroatoms. The zero-order chi connectivity index (χ0) is 41.0. The summed E-state index contributed by atoms with van der Waals surface area (Å²) in [7, 11) is 0. The van der Waals surface area contributed by atoms with Gasteiger partial charge in [-0.3, -0.25) is 0 Å². The number of para-hydroxylation sites is 2. The largest absolute Gasteiger partial charge is 0.456 e. The van der Waals surface area contributed by atoms with Crippen molar-refractivity contribution in [2.45, 2.75) is 11.3 Å². The zero-order valence-corrected chi connectivity index (χ0v) is 33.8. The predicted octanol–water partition coefficient (Wildman–Crippen LogP) is 14.2.